The van der Waals surface area contributed by atoms with Crippen molar-refractivity contribution in [3.8, 4) is 0 Å². The van der Waals surface area contributed by atoms with Crippen molar-refractivity contribution in [2.75, 3.05) is 36.8 Å². The van der Waals surface area contributed by atoms with Gasteiger partial charge in [0.2, 0.25) is 11.9 Å². The molecular formula is C32H49N5O2. The van der Waals surface area contributed by atoms with E-state index in [1.165, 1.54) is 32.1 Å². The van der Waals surface area contributed by atoms with Crippen LogP contribution < -0.4 is 10.6 Å². The Labute approximate surface area is 234 Å². The smallest absolute Gasteiger partial charge is 0.222 e. The van der Waals surface area contributed by atoms with Crippen LogP contribution in [-0.2, 0) is 4.79 Å². The molecule has 1 aliphatic heterocycles. The predicted molar refractivity (Wildman–Crippen MR) is 155 cm³/mol. The second kappa shape index (κ2) is 10.4. The van der Waals surface area contributed by atoms with Crippen molar-refractivity contribution in [1.82, 2.24) is 14.9 Å². The highest BCUT2D eigenvalue weighted by Gasteiger charge is 2.59. The molecule has 3 N–H and O–H groups in total. The molecule has 7 heteroatoms. The lowest BCUT2D eigenvalue weighted by Gasteiger charge is -2.58. The van der Waals surface area contributed by atoms with Crippen LogP contribution in [0.2, 0.25) is 0 Å². The number of rotatable bonds is 5. The molecule has 39 heavy (non-hydrogen) atoms. The number of piperazine rings is 1. The lowest BCUT2D eigenvalue weighted by atomic mass is 9.47. The van der Waals surface area contributed by atoms with Crippen molar-refractivity contribution < 1.29 is 9.90 Å². The summed E-state index contributed by atoms with van der Waals surface area (Å²) in [5.41, 5.74) is 8.04. The fraction of sp³-hybridized carbons (Fsp3) is 0.781. The molecule has 1 amide bonds. The fourth-order valence-corrected chi connectivity index (χ4v) is 10.1. The van der Waals surface area contributed by atoms with Gasteiger partial charge >= 0.3 is 0 Å². The first-order chi connectivity index (χ1) is 18.7. The van der Waals surface area contributed by atoms with Crippen LogP contribution in [0, 0.1) is 40.4 Å². The van der Waals surface area contributed by atoms with Gasteiger partial charge in [0.25, 0.3) is 0 Å². The summed E-state index contributed by atoms with van der Waals surface area (Å²) in [5.74, 6) is 5.16. The Morgan fingerprint density at radius 1 is 1.13 bits per heavy atom. The van der Waals surface area contributed by atoms with Crippen LogP contribution >= 0.6 is 0 Å². The Bertz CT molecular complexity index is 1100. The summed E-state index contributed by atoms with van der Waals surface area (Å²) >= 11 is 0. The number of amides is 1. The van der Waals surface area contributed by atoms with Crippen molar-refractivity contribution in [3.63, 3.8) is 0 Å². The summed E-state index contributed by atoms with van der Waals surface area (Å²) in [7, 11) is 0. The second-order valence-electron chi connectivity index (χ2n) is 14.0. The molecule has 6 rings (SSSR count). The van der Waals surface area contributed by atoms with Crippen molar-refractivity contribution >= 4 is 17.7 Å². The van der Waals surface area contributed by atoms with Gasteiger partial charge in [0.1, 0.15) is 5.82 Å². The van der Waals surface area contributed by atoms with E-state index in [0.29, 0.717) is 35.0 Å². The summed E-state index contributed by atoms with van der Waals surface area (Å²) < 4.78 is 0. The number of hydrogen-bond donors (Lipinski definition) is 2. The molecule has 0 radical (unpaired) electrons. The van der Waals surface area contributed by atoms with Gasteiger partial charge < -0.3 is 20.6 Å². The molecule has 1 aromatic rings. The number of aliphatic hydroxyl groups is 1. The third-order valence-corrected chi connectivity index (χ3v) is 12.3. The zero-order valence-electron chi connectivity index (χ0n) is 24.3. The van der Waals surface area contributed by atoms with Gasteiger partial charge in [-0.25, -0.2) is 4.98 Å². The van der Waals surface area contributed by atoms with Crippen molar-refractivity contribution in [1.29, 1.82) is 0 Å². The highest BCUT2D eigenvalue weighted by molar-refractivity contribution is 5.76. The summed E-state index contributed by atoms with van der Waals surface area (Å²) in [6.45, 7) is 10.6. The molecule has 0 aromatic carbocycles. The first-order valence-corrected chi connectivity index (χ1v) is 15.7. The molecule has 5 aliphatic rings. The number of carbonyl (C=O) groups excluding carboxylic acids is 1. The van der Waals surface area contributed by atoms with Crippen LogP contribution in [0.15, 0.2) is 23.9 Å². The first-order valence-electron chi connectivity index (χ1n) is 15.7. The molecule has 1 aromatic heterocycles. The summed E-state index contributed by atoms with van der Waals surface area (Å²) in [4.78, 5) is 25.8. The zero-order chi connectivity index (χ0) is 27.4. The monoisotopic (exact) mass is 535 g/mol. The number of carbonyl (C=O) groups is 1. The number of allylic oxidation sites excluding steroid dienone is 1. The topological polar surface area (TPSA) is 95.6 Å². The number of aromatic nitrogens is 2. The summed E-state index contributed by atoms with van der Waals surface area (Å²) in [6, 6.07) is 1.89. The molecule has 0 bridgehead atoms. The quantitative estimate of drug-likeness (QED) is 0.512. The lowest BCUT2D eigenvalue weighted by molar-refractivity contribution is -0.132. The standard InChI is InChI=1S/C32H49N5O2/c1-21(4-9-29(39)37-18-16-36(17-19-37)28-12-15-34-30(33)35-28)25-7-8-26-24-6-5-22-20-23(38)10-13-31(22,2)27(24)11-14-32(25,26)3/h5,12,15,21,23-27,38H,4,6-11,13-14,16-20H2,1-3H3,(H2,33,34,35)/t21-,23+,24+,25-,26+,27+,31+,32-/m1/s1. The molecule has 0 unspecified atom stereocenters. The van der Waals surface area contributed by atoms with Gasteiger partial charge in [-0.05, 0) is 104 Å². The Kier molecular flexibility index (Phi) is 7.18. The van der Waals surface area contributed by atoms with E-state index >= 15 is 0 Å². The van der Waals surface area contributed by atoms with Crippen molar-refractivity contribution in [2.45, 2.75) is 91.1 Å². The van der Waals surface area contributed by atoms with Gasteiger partial charge in [-0.1, -0.05) is 32.4 Å². The molecule has 3 saturated carbocycles. The van der Waals surface area contributed by atoms with E-state index in [9.17, 15) is 9.90 Å². The van der Waals surface area contributed by atoms with Crippen molar-refractivity contribution in [2.24, 2.45) is 40.4 Å². The lowest BCUT2D eigenvalue weighted by Crippen LogP contribution is -2.51. The van der Waals surface area contributed by atoms with E-state index in [0.717, 1.165) is 81.4 Å². The van der Waals surface area contributed by atoms with E-state index in [-0.39, 0.29) is 6.10 Å². The van der Waals surface area contributed by atoms with Crippen molar-refractivity contribution in [3.05, 3.63) is 23.9 Å². The van der Waals surface area contributed by atoms with Gasteiger partial charge in [0, 0.05) is 38.8 Å². The van der Waals surface area contributed by atoms with Gasteiger partial charge in [-0.2, -0.15) is 4.98 Å². The SMILES string of the molecule is C[C@H](CCC(=O)N1CCN(c2ccnc(N)n2)CC1)[C@H]1CC[C@H]2[C@@H]3CC=C4C[C@@H](O)CC[C@]4(C)[C@H]3CC[C@]12C. The molecular weight excluding hydrogens is 486 g/mol. The number of aliphatic hydroxyl groups excluding tert-OH is 1. The normalized spacial score (nSPS) is 38.9. The zero-order valence-corrected chi connectivity index (χ0v) is 24.3. The van der Waals surface area contributed by atoms with E-state index in [1.54, 1.807) is 11.8 Å². The number of anilines is 2. The Balaban J connectivity index is 1.04. The first kappa shape index (κ1) is 27.0. The predicted octanol–water partition coefficient (Wildman–Crippen LogP) is 5.06. The van der Waals surface area contributed by atoms with Crippen LogP contribution in [0.5, 0.6) is 0 Å². The van der Waals surface area contributed by atoms with E-state index in [1.807, 2.05) is 11.0 Å². The summed E-state index contributed by atoms with van der Waals surface area (Å²) in [6.07, 6.45) is 15.4. The molecule has 4 aliphatic carbocycles. The highest BCUT2D eigenvalue weighted by Crippen LogP contribution is 2.67. The maximum absolute atomic E-state index is 13.2. The van der Waals surface area contributed by atoms with Crippen LogP contribution in [-0.4, -0.2) is 58.2 Å². The highest BCUT2D eigenvalue weighted by atomic mass is 16.3. The molecule has 1 saturated heterocycles. The molecule has 7 nitrogen and oxygen atoms in total. The van der Waals surface area contributed by atoms with Gasteiger partial charge in [0.05, 0.1) is 6.10 Å². The molecule has 8 atom stereocenters. The third-order valence-electron chi connectivity index (χ3n) is 12.3. The molecule has 214 valence electrons. The van der Waals surface area contributed by atoms with Gasteiger partial charge in [0.15, 0.2) is 0 Å². The maximum Gasteiger partial charge on any atom is 0.222 e. The third kappa shape index (κ3) is 4.76. The van der Waals surface area contributed by atoms with Crippen LogP contribution in [0.3, 0.4) is 0 Å². The molecule has 0 spiro atoms. The van der Waals surface area contributed by atoms with E-state index in [4.69, 9.17) is 5.73 Å². The van der Waals surface area contributed by atoms with Gasteiger partial charge in [-0.3, -0.25) is 4.79 Å². The van der Waals surface area contributed by atoms with E-state index < -0.39 is 0 Å². The largest absolute Gasteiger partial charge is 0.393 e. The minimum Gasteiger partial charge on any atom is -0.393 e. The van der Waals surface area contributed by atoms with Crippen LogP contribution in [0.25, 0.3) is 0 Å². The number of fused-ring (bicyclic) bond motifs is 5. The number of nitrogens with zero attached hydrogens (tertiary/aromatic N) is 4. The van der Waals surface area contributed by atoms with Crippen LogP contribution in [0.4, 0.5) is 11.8 Å². The Morgan fingerprint density at radius 2 is 1.92 bits per heavy atom. The minimum absolute atomic E-state index is 0.129. The number of nitrogens with two attached hydrogens (primary N) is 1. The molecule has 2 heterocycles. The maximum atomic E-state index is 13.2. The van der Waals surface area contributed by atoms with Crippen LogP contribution in [0.1, 0.15) is 85.0 Å². The van der Waals surface area contributed by atoms with Gasteiger partial charge in [-0.15, -0.1) is 0 Å². The van der Waals surface area contributed by atoms with E-state index in [2.05, 4.69) is 41.7 Å². The minimum atomic E-state index is -0.129. The Morgan fingerprint density at radius 3 is 2.69 bits per heavy atom. The average molecular weight is 536 g/mol. The molecule has 4 fully saturated rings. The average Bonchev–Trinajstić information content (AvgIpc) is 3.29. The Hall–Kier alpha value is -2.15. The summed E-state index contributed by atoms with van der Waals surface area (Å²) in [5, 5.41) is 10.3. The number of nitrogen functional groups attached to an aromatic ring is 1. The second-order valence-corrected chi connectivity index (χ2v) is 14.0. The fourth-order valence-electron chi connectivity index (χ4n) is 10.1. The number of hydrogen-bond acceptors (Lipinski definition) is 6.